The average Bonchev–Trinajstić information content (AvgIpc) is 0. The number of hydrogen-bond acceptors (Lipinski definition) is 0. The van der Waals surface area contributed by atoms with E-state index in [2.05, 4.69) is 0 Å². The summed E-state index contributed by atoms with van der Waals surface area (Å²) in [6.07, 6.45) is 0. The van der Waals surface area contributed by atoms with Crippen LogP contribution in [-0.2, 0) is 33.8 Å². The smallest absolute Gasteiger partial charge is 1.00 e. The van der Waals surface area contributed by atoms with Crippen LogP contribution in [0, 0.1) is 0 Å². The molecule has 0 fully saturated rings. The van der Waals surface area contributed by atoms with Gasteiger partial charge < -0.3 is 26.5 Å². The van der Waals surface area contributed by atoms with Gasteiger partial charge in [-0.25, -0.2) is 0 Å². The number of halogens is 4. The third-order valence-corrected chi connectivity index (χ3v) is 0. The Morgan fingerprint density at radius 2 is 0.667 bits per heavy atom. The molecule has 0 aliphatic heterocycles. The molecule has 0 aromatic rings. The Bertz CT molecular complexity index is 10.8. The van der Waals surface area contributed by atoms with Crippen LogP contribution in [0.25, 0.3) is 0 Å². The first kappa shape index (κ1) is 217. The van der Waals surface area contributed by atoms with Crippen LogP contribution < -0.4 is 26.5 Å². The maximum Gasteiger partial charge on any atom is 2.00 e. The summed E-state index contributed by atoms with van der Waals surface area (Å²) in [5.74, 6) is 0. The van der Waals surface area contributed by atoms with Crippen LogP contribution in [0.1, 0.15) is 0 Å². The number of hydrogen-bond donors (Lipinski definition) is 0. The Kier molecular flexibility index (Phi) is 4700. The number of rotatable bonds is 0. The van der Waals surface area contributed by atoms with Crippen molar-refractivity contribution in [2.45, 2.75) is 0 Å². The molecule has 44 valence electrons. The molecule has 6 heteroatoms. The molecule has 6 heavy (non-hydrogen) atoms. The summed E-state index contributed by atoms with van der Waals surface area (Å²) in [6.45, 7) is 0. The second-order valence-electron chi connectivity index (χ2n) is 0. The van der Waals surface area contributed by atoms with Gasteiger partial charge in [0.15, 0.2) is 0 Å². The van der Waals surface area contributed by atoms with Crippen molar-refractivity contribution >= 4 is 0 Å². The van der Waals surface area contributed by atoms with E-state index in [4.69, 9.17) is 0 Å². The van der Waals surface area contributed by atoms with Crippen molar-refractivity contribution in [3.05, 3.63) is 0 Å². The predicted molar refractivity (Wildman–Crippen MR) is 0 cm³/mol. The minimum Gasteiger partial charge on any atom is -1.00 e. The summed E-state index contributed by atoms with van der Waals surface area (Å²) in [4.78, 5) is 0. The average molecular weight is 206 g/mol. The second kappa shape index (κ2) is 130. The van der Waals surface area contributed by atoms with Gasteiger partial charge in [0, 0.05) is 0 Å². The topological polar surface area (TPSA) is 0 Å². The van der Waals surface area contributed by atoms with Gasteiger partial charge in [-0.3, -0.25) is 0 Å². The van der Waals surface area contributed by atoms with E-state index >= 15 is 0 Å². The van der Waals surface area contributed by atoms with Crippen LogP contribution in [0.4, 0.5) is 0 Å². The monoisotopic (exact) mass is 206 g/mol. The Morgan fingerprint density at radius 1 is 0.667 bits per heavy atom. The summed E-state index contributed by atoms with van der Waals surface area (Å²) in [6, 6.07) is 0. The van der Waals surface area contributed by atoms with Gasteiger partial charge in [-0.2, -0.15) is 0 Å². The second-order valence-corrected chi connectivity index (χ2v) is 0. The molecule has 0 aliphatic carbocycles. The van der Waals surface area contributed by atoms with E-state index in [1.165, 1.54) is 0 Å². The van der Waals surface area contributed by atoms with Crippen molar-refractivity contribution in [1.82, 2.24) is 0 Å². The Labute approximate surface area is 60.6 Å². The molecule has 0 aromatic heterocycles. The van der Waals surface area contributed by atoms with Crippen molar-refractivity contribution < 1.29 is 60.4 Å². The van der Waals surface area contributed by atoms with E-state index in [0.717, 1.165) is 0 Å². The van der Waals surface area contributed by atoms with Crippen LogP contribution in [0.15, 0.2) is 0 Å². The molecule has 0 saturated heterocycles. The van der Waals surface area contributed by atoms with E-state index in [0.29, 0.717) is 0 Å². The fraction of sp³-hybridized carbons (Fsp3) is 0. The van der Waals surface area contributed by atoms with Gasteiger partial charge in [-0.1, -0.05) is 0 Å². The van der Waals surface area contributed by atoms with E-state index < -0.39 is 0 Å². The largest absolute Gasteiger partial charge is 2.00 e. The van der Waals surface area contributed by atoms with Crippen molar-refractivity contribution in [3.63, 3.8) is 0 Å². The molecule has 0 atom stereocenters. The first-order chi connectivity index (χ1) is 0. The molecule has 0 bridgehead atoms. The standard InChI is InChI=1S/ClH.Co.3FH.Mn/h1H;;3*1H;/q;+2;;;;+2/p-4. The Balaban J connectivity index is 0. The molecule has 0 rings (SSSR count). The quantitative estimate of drug-likeness (QED) is 0.345. The van der Waals surface area contributed by atoms with Gasteiger partial charge in [0.25, 0.3) is 0 Å². The summed E-state index contributed by atoms with van der Waals surface area (Å²) in [5, 5.41) is 0. The zero-order valence-electron chi connectivity index (χ0n) is 2.22. The van der Waals surface area contributed by atoms with Crippen LogP contribution in [0.3, 0.4) is 0 Å². The van der Waals surface area contributed by atoms with Crippen molar-refractivity contribution in [3.8, 4) is 0 Å². The molecular weight excluding hydrogens is 206 g/mol. The molecule has 0 saturated carbocycles. The minimum atomic E-state index is 0. The molecule has 2 radical (unpaired) electrons. The van der Waals surface area contributed by atoms with Gasteiger partial charge in [0.1, 0.15) is 0 Å². The van der Waals surface area contributed by atoms with E-state index in [-0.39, 0.29) is 60.4 Å². The summed E-state index contributed by atoms with van der Waals surface area (Å²) in [7, 11) is 0. The van der Waals surface area contributed by atoms with Crippen LogP contribution in [0.5, 0.6) is 0 Å². The molecular formula is ClCoF3Mn. The first-order valence-corrected chi connectivity index (χ1v) is 0. The fourth-order valence-electron chi connectivity index (χ4n) is 0. The normalized spacial score (nSPS) is 0. The SMILES string of the molecule is [Cl-].[Co+2].[F-].[F-].[F-].[Mn+2]. The molecule has 0 amide bonds. The van der Waals surface area contributed by atoms with Gasteiger partial charge in [0.05, 0.1) is 0 Å². The van der Waals surface area contributed by atoms with Gasteiger partial charge in [-0.15, -0.1) is 0 Å². The van der Waals surface area contributed by atoms with Gasteiger partial charge >= 0.3 is 33.8 Å². The van der Waals surface area contributed by atoms with Gasteiger partial charge in [0.2, 0.25) is 0 Å². The fourth-order valence-corrected chi connectivity index (χ4v) is 0. The van der Waals surface area contributed by atoms with E-state index in [1.54, 1.807) is 0 Å². The zero-order valence-corrected chi connectivity index (χ0v) is 5.20. The predicted octanol–water partition coefficient (Wildman–Crippen LogP) is -12.0. The minimum absolute atomic E-state index is 0. The van der Waals surface area contributed by atoms with E-state index in [1.807, 2.05) is 0 Å². The summed E-state index contributed by atoms with van der Waals surface area (Å²) >= 11 is 0. The summed E-state index contributed by atoms with van der Waals surface area (Å²) < 4.78 is 0. The van der Waals surface area contributed by atoms with Crippen molar-refractivity contribution in [1.29, 1.82) is 0 Å². The molecule has 0 unspecified atom stereocenters. The molecule has 0 spiro atoms. The molecule has 0 aliphatic rings. The van der Waals surface area contributed by atoms with E-state index in [9.17, 15) is 0 Å². The van der Waals surface area contributed by atoms with Crippen molar-refractivity contribution in [2.75, 3.05) is 0 Å². The maximum absolute atomic E-state index is 0. The van der Waals surface area contributed by atoms with Crippen LogP contribution in [0.2, 0.25) is 0 Å². The summed E-state index contributed by atoms with van der Waals surface area (Å²) in [5.41, 5.74) is 0. The van der Waals surface area contributed by atoms with Gasteiger partial charge in [-0.05, 0) is 0 Å². The molecule has 0 N–H and O–H groups in total. The molecule has 0 nitrogen and oxygen atoms in total. The van der Waals surface area contributed by atoms with Crippen LogP contribution >= 0.6 is 0 Å². The van der Waals surface area contributed by atoms with Crippen molar-refractivity contribution in [2.24, 2.45) is 0 Å². The molecule has 0 heterocycles. The Morgan fingerprint density at radius 3 is 0.667 bits per heavy atom. The Hall–Kier alpha value is 1.11. The third-order valence-electron chi connectivity index (χ3n) is 0. The van der Waals surface area contributed by atoms with Crippen LogP contribution in [-0.4, -0.2) is 0 Å². The molecule has 0 aromatic carbocycles. The first-order valence-electron chi connectivity index (χ1n) is 0. The maximum atomic E-state index is 0. The zero-order chi connectivity index (χ0) is 0. The third kappa shape index (κ3) is 70.4.